The highest BCUT2D eigenvalue weighted by atomic mass is 16.3. The molecule has 0 spiro atoms. The fourth-order valence-corrected chi connectivity index (χ4v) is 3.11. The normalized spacial score (nSPS) is 25.2. The highest BCUT2D eigenvalue weighted by molar-refractivity contribution is 5.83. The molecule has 3 N–H and O–H groups in total. The van der Waals surface area contributed by atoms with Gasteiger partial charge in [-0.1, -0.05) is 18.2 Å². The van der Waals surface area contributed by atoms with E-state index in [4.69, 9.17) is 0 Å². The highest BCUT2D eigenvalue weighted by Crippen LogP contribution is 2.35. The number of fused-ring (bicyclic) bond motifs is 1. The van der Waals surface area contributed by atoms with Crippen molar-refractivity contribution in [3.63, 3.8) is 0 Å². The van der Waals surface area contributed by atoms with Crippen LogP contribution in [0.5, 0.6) is 0 Å². The fourth-order valence-electron chi connectivity index (χ4n) is 3.11. The molecule has 1 aromatic heterocycles. The van der Waals surface area contributed by atoms with Gasteiger partial charge in [-0.25, -0.2) is 0 Å². The van der Waals surface area contributed by atoms with Crippen LogP contribution in [0.15, 0.2) is 30.5 Å². The monoisotopic (exact) mass is 244 g/mol. The lowest BCUT2D eigenvalue weighted by molar-refractivity contribution is 0.204. The van der Waals surface area contributed by atoms with E-state index in [2.05, 4.69) is 40.8 Å². The van der Waals surface area contributed by atoms with Crippen molar-refractivity contribution in [1.82, 2.24) is 10.3 Å². The van der Waals surface area contributed by atoms with Crippen LogP contribution in [0.25, 0.3) is 10.9 Å². The summed E-state index contributed by atoms with van der Waals surface area (Å²) in [7, 11) is 0. The summed E-state index contributed by atoms with van der Waals surface area (Å²) in [6.07, 6.45) is 4.46. The lowest BCUT2D eigenvalue weighted by Crippen LogP contribution is -2.26. The van der Waals surface area contributed by atoms with E-state index >= 15 is 0 Å². The molecule has 1 aliphatic heterocycles. The molecule has 1 fully saturated rings. The number of aromatic nitrogens is 1. The van der Waals surface area contributed by atoms with Gasteiger partial charge in [-0.05, 0) is 36.9 Å². The average Bonchev–Trinajstić information content (AvgIpc) is 2.69. The molecule has 1 saturated heterocycles. The van der Waals surface area contributed by atoms with Crippen LogP contribution in [-0.2, 0) is 0 Å². The number of para-hydroxylation sites is 1. The van der Waals surface area contributed by atoms with Gasteiger partial charge in [0.2, 0.25) is 0 Å². The van der Waals surface area contributed by atoms with Crippen LogP contribution in [0.3, 0.4) is 0 Å². The number of hydrogen-bond acceptors (Lipinski definition) is 2. The second kappa shape index (κ2) is 5.12. The van der Waals surface area contributed by atoms with Crippen molar-refractivity contribution in [2.75, 3.05) is 19.7 Å². The van der Waals surface area contributed by atoms with Crippen molar-refractivity contribution < 1.29 is 5.11 Å². The second-order valence-corrected chi connectivity index (χ2v) is 5.19. The molecule has 0 radical (unpaired) electrons. The Hall–Kier alpha value is -1.32. The summed E-state index contributed by atoms with van der Waals surface area (Å²) >= 11 is 0. The Bertz CT molecular complexity index is 520. The molecule has 3 rings (SSSR count). The van der Waals surface area contributed by atoms with E-state index in [9.17, 15) is 5.11 Å². The topological polar surface area (TPSA) is 48.0 Å². The average molecular weight is 244 g/mol. The lowest BCUT2D eigenvalue weighted by Gasteiger charge is -2.22. The van der Waals surface area contributed by atoms with Crippen molar-refractivity contribution >= 4 is 10.9 Å². The predicted molar refractivity (Wildman–Crippen MR) is 73.7 cm³/mol. The number of aromatic amines is 1. The van der Waals surface area contributed by atoms with E-state index in [1.165, 1.54) is 22.9 Å². The summed E-state index contributed by atoms with van der Waals surface area (Å²) < 4.78 is 0. The van der Waals surface area contributed by atoms with Gasteiger partial charge in [0.1, 0.15) is 0 Å². The fraction of sp³-hybridized carbons (Fsp3) is 0.467. The Balaban J connectivity index is 2.00. The van der Waals surface area contributed by atoms with Gasteiger partial charge in [-0.15, -0.1) is 0 Å². The number of aliphatic hydroxyl groups is 1. The number of hydrogen-bond donors (Lipinski definition) is 3. The maximum Gasteiger partial charge on any atom is 0.0477 e. The third kappa shape index (κ3) is 2.04. The van der Waals surface area contributed by atoms with E-state index in [-0.39, 0.29) is 6.61 Å². The summed E-state index contributed by atoms with van der Waals surface area (Å²) in [5.41, 5.74) is 2.56. The summed E-state index contributed by atoms with van der Waals surface area (Å²) in [5.74, 6) is 0.785. The molecule has 2 aromatic rings. The molecular formula is C15H20N2O. The van der Waals surface area contributed by atoms with Gasteiger partial charge in [0, 0.05) is 36.2 Å². The van der Waals surface area contributed by atoms with E-state index < -0.39 is 0 Å². The lowest BCUT2D eigenvalue weighted by atomic mass is 9.84. The Morgan fingerprint density at radius 2 is 2.17 bits per heavy atom. The van der Waals surface area contributed by atoms with Gasteiger partial charge in [-0.2, -0.15) is 0 Å². The maximum absolute atomic E-state index is 9.61. The number of aliphatic hydroxyl groups excluding tert-OH is 1. The van der Waals surface area contributed by atoms with Gasteiger partial charge in [0.15, 0.2) is 0 Å². The van der Waals surface area contributed by atoms with E-state index in [0.717, 1.165) is 19.5 Å². The van der Waals surface area contributed by atoms with Crippen LogP contribution in [0.2, 0.25) is 0 Å². The molecule has 0 saturated carbocycles. The van der Waals surface area contributed by atoms with Crippen LogP contribution in [0, 0.1) is 5.92 Å². The Kier molecular flexibility index (Phi) is 3.35. The van der Waals surface area contributed by atoms with Crippen LogP contribution in [-0.4, -0.2) is 29.8 Å². The minimum atomic E-state index is 0.261. The van der Waals surface area contributed by atoms with Gasteiger partial charge >= 0.3 is 0 Å². The van der Waals surface area contributed by atoms with E-state index in [0.29, 0.717) is 11.8 Å². The molecule has 3 heteroatoms. The van der Waals surface area contributed by atoms with Crippen LogP contribution >= 0.6 is 0 Å². The number of benzene rings is 1. The summed E-state index contributed by atoms with van der Waals surface area (Å²) in [6.45, 7) is 2.24. The number of nitrogens with one attached hydrogen (secondary N) is 2. The number of H-pyrrole nitrogens is 1. The van der Waals surface area contributed by atoms with Crippen LogP contribution in [0.4, 0.5) is 0 Å². The largest absolute Gasteiger partial charge is 0.396 e. The van der Waals surface area contributed by atoms with Gasteiger partial charge < -0.3 is 15.4 Å². The zero-order valence-corrected chi connectivity index (χ0v) is 10.5. The summed E-state index contributed by atoms with van der Waals surface area (Å²) in [5, 5.41) is 14.3. The molecule has 0 bridgehead atoms. The zero-order chi connectivity index (χ0) is 12.4. The van der Waals surface area contributed by atoms with E-state index in [1.807, 2.05) is 0 Å². The first-order valence-electron chi connectivity index (χ1n) is 6.77. The zero-order valence-electron chi connectivity index (χ0n) is 10.5. The Morgan fingerprint density at radius 3 is 3.06 bits per heavy atom. The minimum absolute atomic E-state index is 0.261. The molecule has 1 aliphatic rings. The molecule has 96 valence electrons. The molecule has 3 nitrogen and oxygen atoms in total. The molecule has 18 heavy (non-hydrogen) atoms. The Labute approximate surface area is 107 Å². The summed E-state index contributed by atoms with van der Waals surface area (Å²) in [4.78, 5) is 3.35. The standard InChI is InChI=1S/C15H20N2O/c18-10-11-8-16-7-3-5-12(11)14-9-17-15-6-2-1-4-13(14)15/h1-2,4,6,9,11-12,16-18H,3,5,7-8,10H2. The van der Waals surface area contributed by atoms with Crippen molar-refractivity contribution in [3.05, 3.63) is 36.0 Å². The molecule has 2 heterocycles. The smallest absolute Gasteiger partial charge is 0.0477 e. The molecule has 0 aliphatic carbocycles. The first-order chi connectivity index (χ1) is 8.90. The SMILES string of the molecule is OCC1CNCCCC1c1c[nH]c2ccccc12. The first-order valence-corrected chi connectivity index (χ1v) is 6.77. The highest BCUT2D eigenvalue weighted by Gasteiger charge is 2.26. The second-order valence-electron chi connectivity index (χ2n) is 5.19. The van der Waals surface area contributed by atoms with Gasteiger partial charge in [0.25, 0.3) is 0 Å². The van der Waals surface area contributed by atoms with Crippen molar-refractivity contribution in [2.24, 2.45) is 5.92 Å². The predicted octanol–water partition coefficient (Wildman–Crippen LogP) is 2.24. The molecule has 1 aromatic carbocycles. The van der Waals surface area contributed by atoms with Crippen molar-refractivity contribution in [1.29, 1.82) is 0 Å². The molecule has 0 amide bonds. The van der Waals surface area contributed by atoms with Gasteiger partial charge in [-0.3, -0.25) is 0 Å². The molecular weight excluding hydrogens is 224 g/mol. The van der Waals surface area contributed by atoms with Crippen LogP contribution in [0.1, 0.15) is 24.3 Å². The maximum atomic E-state index is 9.61. The van der Waals surface area contributed by atoms with E-state index in [1.54, 1.807) is 0 Å². The Morgan fingerprint density at radius 1 is 1.28 bits per heavy atom. The third-order valence-electron chi connectivity index (χ3n) is 4.10. The quantitative estimate of drug-likeness (QED) is 0.759. The van der Waals surface area contributed by atoms with Crippen molar-refractivity contribution in [2.45, 2.75) is 18.8 Å². The molecule has 2 unspecified atom stereocenters. The first kappa shape index (κ1) is 11.8. The number of rotatable bonds is 2. The summed E-state index contributed by atoms with van der Waals surface area (Å²) in [6, 6.07) is 8.43. The minimum Gasteiger partial charge on any atom is -0.396 e. The van der Waals surface area contributed by atoms with Crippen molar-refractivity contribution in [3.8, 4) is 0 Å². The molecule has 2 atom stereocenters. The third-order valence-corrected chi connectivity index (χ3v) is 4.10. The van der Waals surface area contributed by atoms with Gasteiger partial charge in [0.05, 0.1) is 0 Å². The van der Waals surface area contributed by atoms with Crippen LogP contribution < -0.4 is 5.32 Å².